The first-order valence-electron chi connectivity index (χ1n) is 5.53. The highest BCUT2D eigenvalue weighted by Crippen LogP contribution is 2.15. The van der Waals surface area contributed by atoms with Crippen molar-refractivity contribution in [3.8, 4) is 0 Å². The quantitative estimate of drug-likeness (QED) is 0.820. The van der Waals surface area contributed by atoms with Crippen molar-refractivity contribution in [2.45, 2.75) is 12.5 Å². The first kappa shape index (κ1) is 12.3. The lowest BCUT2D eigenvalue weighted by molar-refractivity contribution is 0.0931. The normalized spacial score (nSPS) is 12.1. The molecule has 2 N–H and O–H groups in total. The summed E-state index contributed by atoms with van der Waals surface area (Å²) >= 11 is 0. The highest BCUT2D eigenvalue weighted by Gasteiger charge is 2.11. The number of nitrogens with zero attached hydrogens (tertiary/aromatic N) is 2. The first-order valence-corrected chi connectivity index (χ1v) is 5.53. The Morgan fingerprint density at radius 3 is 3.06 bits per heavy atom. The van der Waals surface area contributed by atoms with E-state index in [0.717, 1.165) is 0 Å². The predicted molar refractivity (Wildman–Crippen MR) is 62.7 cm³/mol. The molecule has 18 heavy (non-hydrogen) atoms. The molecular formula is C12H13N3O3. The lowest BCUT2D eigenvalue weighted by Crippen LogP contribution is -2.26. The van der Waals surface area contributed by atoms with E-state index in [0.29, 0.717) is 18.7 Å². The van der Waals surface area contributed by atoms with Crippen LogP contribution in [0.3, 0.4) is 0 Å². The topological polar surface area (TPSA) is 88.2 Å². The Morgan fingerprint density at radius 2 is 2.39 bits per heavy atom. The molecule has 0 aliphatic carbocycles. The molecule has 0 saturated carbocycles. The fraction of sp³-hybridized carbons (Fsp3) is 0.250. The molecule has 0 bridgehead atoms. The van der Waals surface area contributed by atoms with Crippen molar-refractivity contribution >= 4 is 5.91 Å². The molecule has 0 radical (unpaired) electrons. The molecule has 6 heteroatoms. The summed E-state index contributed by atoms with van der Waals surface area (Å²) in [4.78, 5) is 19.3. The van der Waals surface area contributed by atoms with E-state index in [2.05, 4.69) is 15.3 Å². The molecule has 0 unspecified atom stereocenters. The van der Waals surface area contributed by atoms with Crippen molar-refractivity contribution in [2.24, 2.45) is 0 Å². The second-order valence-corrected chi connectivity index (χ2v) is 3.67. The van der Waals surface area contributed by atoms with E-state index >= 15 is 0 Å². The Hall–Kier alpha value is -2.21. The average Bonchev–Trinajstić information content (AvgIpc) is 2.93. The van der Waals surface area contributed by atoms with Gasteiger partial charge in [0.1, 0.15) is 17.6 Å². The van der Waals surface area contributed by atoms with Gasteiger partial charge >= 0.3 is 0 Å². The maximum atomic E-state index is 11.6. The van der Waals surface area contributed by atoms with Crippen LogP contribution < -0.4 is 5.32 Å². The van der Waals surface area contributed by atoms with Gasteiger partial charge in [-0.1, -0.05) is 0 Å². The van der Waals surface area contributed by atoms with Crippen LogP contribution >= 0.6 is 0 Å². The number of furan rings is 1. The number of carbonyl (C=O) groups is 1. The van der Waals surface area contributed by atoms with Gasteiger partial charge in [-0.3, -0.25) is 9.78 Å². The molecular weight excluding hydrogens is 234 g/mol. The van der Waals surface area contributed by atoms with Crippen molar-refractivity contribution in [1.29, 1.82) is 0 Å². The van der Waals surface area contributed by atoms with E-state index in [9.17, 15) is 9.90 Å². The molecule has 94 valence electrons. The van der Waals surface area contributed by atoms with Gasteiger partial charge in [0.15, 0.2) is 0 Å². The summed E-state index contributed by atoms with van der Waals surface area (Å²) in [5.74, 6) is 0.179. The summed E-state index contributed by atoms with van der Waals surface area (Å²) in [6.45, 7) is 0.331. The number of amides is 1. The lowest BCUT2D eigenvalue weighted by atomic mass is 10.2. The van der Waals surface area contributed by atoms with E-state index in [4.69, 9.17) is 4.42 Å². The minimum atomic E-state index is -0.720. The smallest absolute Gasteiger partial charge is 0.271 e. The number of aliphatic hydroxyl groups excluding tert-OH is 1. The third-order valence-corrected chi connectivity index (χ3v) is 2.37. The van der Waals surface area contributed by atoms with Crippen molar-refractivity contribution in [3.05, 3.63) is 48.4 Å². The number of aliphatic hydroxyl groups is 1. The fourth-order valence-electron chi connectivity index (χ4n) is 1.45. The van der Waals surface area contributed by atoms with Crippen LogP contribution in [0, 0.1) is 0 Å². The van der Waals surface area contributed by atoms with Crippen LogP contribution in [0.2, 0.25) is 0 Å². The Bertz CT molecular complexity index is 485. The second kappa shape index (κ2) is 5.92. The van der Waals surface area contributed by atoms with Gasteiger partial charge in [-0.15, -0.1) is 0 Å². The summed E-state index contributed by atoms with van der Waals surface area (Å²) in [7, 11) is 0. The number of aromatic nitrogens is 2. The molecule has 2 aromatic rings. The summed E-state index contributed by atoms with van der Waals surface area (Å²) in [6, 6.07) is 3.39. The first-order chi connectivity index (χ1) is 8.77. The van der Waals surface area contributed by atoms with Crippen molar-refractivity contribution in [2.75, 3.05) is 6.54 Å². The Labute approximate surface area is 104 Å². The van der Waals surface area contributed by atoms with Gasteiger partial charge in [-0.2, -0.15) is 0 Å². The Kier molecular flexibility index (Phi) is 4.03. The summed E-state index contributed by atoms with van der Waals surface area (Å²) in [5, 5.41) is 12.4. The maximum Gasteiger partial charge on any atom is 0.271 e. The van der Waals surface area contributed by atoms with Gasteiger partial charge in [0.25, 0.3) is 5.91 Å². The van der Waals surface area contributed by atoms with Gasteiger partial charge in [-0.05, 0) is 18.6 Å². The molecule has 2 heterocycles. The molecule has 2 rings (SSSR count). The van der Waals surface area contributed by atoms with Crippen LogP contribution in [0.1, 0.15) is 28.8 Å². The van der Waals surface area contributed by atoms with Crippen molar-refractivity contribution in [1.82, 2.24) is 15.3 Å². The minimum Gasteiger partial charge on any atom is -0.467 e. The molecule has 0 aromatic carbocycles. The third-order valence-electron chi connectivity index (χ3n) is 2.37. The van der Waals surface area contributed by atoms with Gasteiger partial charge in [-0.25, -0.2) is 4.98 Å². The molecule has 1 atom stereocenters. The zero-order valence-electron chi connectivity index (χ0n) is 9.61. The van der Waals surface area contributed by atoms with Crippen LogP contribution in [0.5, 0.6) is 0 Å². The molecule has 2 aromatic heterocycles. The van der Waals surface area contributed by atoms with Crippen LogP contribution in [-0.4, -0.2) is 27.5 Å². The molecule has 0 fully saturated rings. The maximum absolute atomic E-state index is 11.6. The zero-order chi connectivity index (χ0) is 12.8. The zero-order valence-corrected chi connectivity index (χ0v) is 9.61. The van der Waals surface area contributed by atoms with Crippen LogP contribution in [-0.2, 0) is 0 Å². The SMILES string of the molecule is O=C(NCC[C@H](O)c1ccco1)c1cnccn1. The largest absolute Gasteiger partial charge is 0.467 e. The average molecular weight is 247 g/mol. The summed E-state index contributed by atoms with van der Waals surface area (Å²) in [6.07, 6.45) is 5.49. The molecule has 6 nitrogen and oxygen atoms in total. The van der Waals surface area contributed by atoms with E-state index in [1.54, 1.807) is 12.1 Å². The molecule has 0 saturated heterocycles. The lowest BCUT2D eigenvalue weighted by Gasteiger charge is -2.08. The highest BCUT2D eigenvalue weighted by molar-refractivity contribution is 5.91. The molecule has 1 amide bonds. The van der Waals surface area contributed by atoms with Gasteiger partial charge in [0, 0.05) is 18.9 Å². The number of hydrogen-bond donors (Lipinski definition) is 2. The van der Waals surface area contributed by atoms with Gasteiger partial charge in [0.05, 0.1) is 12.5 Å². The van der Waals surface area contributed by atoms with E-state index in [1.807, 2.05) is 0 Å². The van der Waals surface area contributed by atoms with E-state index < -0.39 is 6.10 Å². The van der Waals surface area contributed by atoms with Gasteiger partial charge in [0.2, 0.25) is 0 Å². The number of hydrogen-bond acceptors (Lipinski definition) is 5. The number of rotatable bonds is 5. The van der Waals surface area contributed by atoms with Crippen molar-refractivity contribution < 1.29 is 14.3 Å². The standard InChI is InChI=1S/C12H13N3O3/c16-10(11-2-1-7-18-11)3-4-15-12(17)9-8-13-5-6-14-9/h1-2,5-8,10,16H,3-4H2,(H,15,17)/t10-/m0/s1. The number of carbonyl (C=O) groups excluding carboxylic acids is 1. The van der Waals surface area contributed by atoms with Gasteiger partial charge < -0.3 is 14.8 Å². The fourth-order valence-corrected chi connectivity index (χ4v) is 1.45. The van der Waals surface area contributed by atoms with Crippen molar-refractivity contribution in [3.63, 3.8) is 0 Å². The monoisotopic (exact) mass is 247 g/mol. The van der Waals surface area contributed by atoms with E-state index in [1.165, 1.54) is 24.9 Å². The second-order valence-electron chi connectivity index (χ2n) is 3.67. The molecule has 0 spiro atoms. The van der Waals surface area contributed by atoms with Crippen LogP contribution in [0.25, 0.3) is 0 Å². The van der Waals surface area contributed by atoms with E-state index in [-0.39, 0.29) is 11.6 Å². The Morgan fingerprint density at radius 1 is 1.50 bits per heavy atom. The molecule has 0 aliphatic rings. The Balaban J connectivity index is 1.77. The predicted octanol–water partition coefficient (Wildman–Crippen LogP) is 0.923. The van der Waals surface area contributed by atoms with Crippen LogP contribution in [0.15, 0.2) is 41.4 Å². The molecule has 0 aliphatic heterocycles. The summed E-state index contributed by atoms with van der Waals surface area (Å²) in [5.41, 5.74) is 0.255. The number of nitrogens with one attached hydrogen (secondary N) is 1. The minimum absolute atomic E-state index is 0.255. The highest BCUT2D eigenvalue weighted by atomic mass is 16.4. The van der Waals surface area contributed by atoms with Crippen LogP contribution in [0.4, 0.5) is 0 Å². The summed E-state index contributed by atoms with van der Waals surface area (Å²) < 4.78 is 5.05. The third kappa shape index (κ3) is 3.14.